The van der Waals surface area contributed by atoms with Crippen LogP contribution in [0.25, 0.3) is 0 Å². The molecule has 0 spiro atoms. The van der Waals surface area contributed by atoms with Gasteiger partial charge in [0.1, 0.15) is 11.8 Å². The average molecular weight is 400 g/mol. The number of amides is 1. The highest BCUT2D eigenvalue weighted by atomic mass is 79.9. The van der Waals surface area contributed by atoms with E-state index in [4.69, 9.17) is 16.3 Å². The molecule has 0 saturated heterocycles. The monoisotopic (exact) mass is 398 g/mol. The lowest BCUT2D eigenvalue weighted by atomic mass is 10.1. The summed E-state index contributed by atoms with van der Waals surface area (Å²) >= 11 is 9.39. The molecule has 0 aliphatic rings. The second-order valence-corrected chi connectivity index (χ2v) is 6.22. The van der Waals surface area contributed by atoms with Crippen LogP contribution in [0.15, 0.2) is 41.0 Å². The van der Waals surface area contributed by atoms with E-state index >= 15 is 0 Å². The van der Waals surface area contributed by atoms with Gasteiger partial charge >= 0.3 is 0 Å². The van der Waals surface area contributed by atoms with Crippen LogP contribution >= 0.6 is 27.5 Å². The van der Waals surface area contributed by atoms with E-state index in [0.29, 0.717) is 5.69 Å². The van der Waals surface area contributed by atoms with E-state index in [-0.39, 0.29) is 23.6 Å². The van der Waals surface area contributed by atoms with Crippen molar-refractivity contribution in [3.8, 4) is 5.75 Å². The molecule has 5 nitrogen and oxygen atoms in total. The first kappa shape index (κ1) is 17.7. The lowest BCUT2D eigenvalue weighted by molar-refractivity contribution is -0.682. The quantitative estimate of drug-likeness (QED) is 0.734. The lowest BCUT2D eigenvalue weighted by Crippen LogP contribution is -2.86. The maximum atomic E-state index is 12.0. The molecule has 2 rings (SSSR count). The number of pyridine rings is 1. The number of ether oxygens (including phenoxy) is 1. The molecule has 1 heterocycles. The number of anilines is 1. The highest BCUT2D eigenvalue weighted by Gasteiger charge is 2.14. The molecular formula is C16H18BrClN3O2+. The fraction of sp³-hybridized carbons (Fsp3) is 0.250. The highest BCUT2D eigenvalue weighted by Crippen LogP contribution is 2.27. The highest BCUT2D eigenvalue weighted by molar-refractivity contribution is 9.10. The number of aromatic nitrogens is 1. The number of benzene rings is 1. The minimum absolute atomic E-state index is 0.126. The van der Waals surface area contributed by atoms with Crippen molar-refractivity contribution in [2.75, 3.05) is 19.0 Å². The van der Waals surface area contributed by atoms with Crippen LogP contribution in [-0.2, 0) is 4.79 Å². The number of hydrogen-bond acceptors (Lipinski definition) is 3. The van der Waals surface area contributed by atoms with Crippen LogP contribution < -0.4 is 15.4 Å². The maximum absolute atomic E-state index is 12.0. The zero-order chi connectivity index (χ0) is 16.8. The Balaban J connectivity index is 1.91. The molecule has 23 heavy (non-hydrogen) atoms. The normalized spacial score (nSPS) is 11.8. The van der Waals surface area contributed by atoms with E-state index < -0.39 is 0 Å². The van der Waals surface area contributed by atoms with E-state index in [1.54, 1.807) is 25.4 Å². The van der Waals surface area contributed by atoms with Crippen molar-refractivity contribution in [1.29, 1.82) is 0 Å². The summed E-state index contributed by atoms with van der Waals surface area (Å²) in [7, 11) is 1.63. The van der Waals surface area contributed by atoms with Gasteiger partial charge in [-0.15, -0.1) is 0 Å². The molecule has 122 valence electrons. The van der Waals surface area contributed by atoms with Crippen molar-refractivity contribution in [3.05, 3.63) is 51.7 Å². The molecule has 1 aromatic carbocycles. The average Bonchev–Trinajstić information content (AvgIpc) is 2.54. The van der Waals surface area contributed by atoms with Gasteiger partial charge in [-0.25, -0.2) is 4.98 Å². The Bertz CT molecular complexity index is 697. The van der Waals surface area contributed by atoms with Gasteiger partial charge in [0.15, 0.2) is 11.7 Å². The molecule has 7 heteroatoms. The van der Waals surface area contributed by atoms with Gasteiger partial charge in [-0.2, -0.15) is 0 Å². The number of nitrogens with two attached hydrogens (primary N) is 1. The van der Waals surface area contributed by atoms with Crippen LogP contribution in [0.5, 0.6) is 5.75 Å². The first-order valence-electron chi connectivity index (χ1n) is 7.08. The van der Waals surface area contributed by atoms with E-state index in [1.165, 1.54) is 0 Å². The minimum Gasteiger partial charge on any atom is -0.496 e. The molecule has 1 atom stereocenters. The predicted molar refractivity (Wildman–Crippen MR) is 93.8 cm³/mol. The number of nitrogens with zero attached hydrogens (tertiary/aromatic N) is 1. The minimum atomic E-state index is -0.126. The number of methoxy groups -OCH3 is 1. The topological polar surface area (TPSA) is 67.8 Å². The molecular weight excluding hydrogens is 382 g/mol. The summed E-state index contributed by atoms with van der Waals surface area (Å²) in [5.74, 6) is 0.657. The van der Waals surface area contributed by atoms with Gasteiger partial charge in [0.05, 0.1) is 17.3 Å². The molecule has 1 aromatic heterocycles. The van der Waals surface area contributed by atoms with Crippen molar-refractivity contribution >= 4 is 39.1 Å². The fourth-order valence-electron chi connectivity index (χ4n) is 2.07. The summed E-state index contributed by atoms with van der Waals surface area (Å²) in [4.78, 5) is 15.9. The predicted octanol–water partition coefficient (Wildman–Crippen LogP) is 2.77. The Morgan fingerprint density at radius 2 is 2.26 bits per heavy atom. The van der Waals surface area contributed by atoms with E-state index in [2.05, 4.69) is 26.2 Å². The van der Waals surface area contributed by atoms with E-state index in [1.807, 2.05) is 30.4 Å². The lowest BCUT2D eigenvalue weighted by Gasteiger charge is -2.13. The second kappa shape index (κ2) is 8.29. The summed E-state index contributed by atoms with van der Waals surface area (Å²) in [6.45, 7) is 2.33. The third kappa shape index (κ3) is 4.92. The molecule has 0 saturated carbocycles. The van der Waals surface area contributed by atoms with Crippen LogP contribution in [0, 0.1) is 0 Å². The van der Waals surface area contributed by atoms with Crippen LogP contribution in [0.4, 0.5) is 5.69 Å². The number of hydrogen-bond donors (Lipinski definition) is 2. The van der Waals surface area contributed by atoms with Gasteiger partial charge in [0.25, 0.3) is 5.91 Å². The Hall–Kier alpha value is -1.63. The number of carbonyl (C=O) groups excluding carboxylic acids is 1. The van der Waals surface area contributed by atoms with Gasteiger partial charge in [-0.3, -0.25) is 4.79 Å². The van der Waals surface area contributed by atoms with Gasteiger partial charge in [0.2, 0.25) is 0 Å². The summed E-state index contributed by atoms with van der Waals surface area (Å²) in [5.41, 5.74) is 1.62. The number of halogens is 2. The number of quaternary nitrogens is 1. The van der Waals surface area contributed by atoms with Crippen molar-refractivity contribution in [3.63, 3.8) is 0 Å². The molecule has 0 bridgehead atoms. The molecule has 0 aliphatic heterocycles. The van der Waals surface area contributed by atoms with Crippen LogP contribution in [0.2, 0.25) is 5.15 Å². The number of rotatable bonds is 6. The van der Waals surface area contributed by atoms with Crippen LogP contribution in [-0.4, -0.2) is 24.5 Å². The van der Waals surface area contributed by atoms with Gasteiger partial charge in [0, 0.05) is 11.8 Å². The summed E-state index contributed by atoms with van der Waals surface area (Å²) in [5, 5.41) is 4.99. The van der Waals surface area contributed by atoms with E-state index in [0.717, 1.165) is 15.8 Å². The third-order valence-electron chi connectivity index (χ3n) is 3.39. The largest absolute Gasteiger partial charge is 0.496 e. The fourth-order valence-corrected chi connectivity index (χ4v) is 2.79. The summed E-state index contributed by atoms with van der Waals surface area (Å²) < 4.78 is 6.11. The van der Waals surface area contributed by atoms with E-state index in [9.17, 15) is 4.79 Å². The Morgan fingerprint density at radius 1 is 1.48 bits per heavy atom. The Kier molecular flexibility index (Phi) is 6.38. The zero-order valence-electron chi connectivity index (χ0n) is 12.8. The van der Waals surface area contributed by atoms with Gasteiger partial charge < -0.3 is 15.4 Å². The zero-order valence-corrected chi connectivity index (χ0v) is 15.2. The first-order chi connectivity index (χ1) is 11.0. The molecule has 0 aliphatic carbocycles. The first-order valence-corrected chi connectivity index (χ1v) is 8.25. The molecule has 0 unspecified atom stereocenters. The molecule has 2 aromatic rings. The molecule has 0 fully saturated rings. The second-order valence-electron chi connectivity index (χ2n) is 5.01. The Morgan fingerprint density at radius 3 is 2.91 bits per heavy atom. The molecule has 0 radical (unpaired) electrons. The smallest absolute Gasteiger partial charge is 0.279 e. The van der Waals surface area contributed by atoms with Crippen LogP contribution in [0.3, 0.4) is 0 Å². The summed E-state index contributed by atoms with van der Waals surface area (Å²) in [6, 6.07) is 9.46. The summed E-state index contributed by atoms with van der Waals surface area (Å²) in [6.07, 6.45) is 1.58. The maximum Gasteiger partial charge on any atom is 0.279 e. The Labute approximate surface area is 148 Å². The van der Waals surface area contributed by atoms with Crippen LogP contribution in [0.1, 0.15) is 18.5 Å². The van der Waals surface area contributed by atoms with Crippen molar-refractivity contribution < 1.29 is 14.8 Å². The van der Waals surface area contributed by atoms with Crippen molar-refractivity contribution in [1.82, 2.24) is 4.98 Å². The van der Waals surface area contributed by atoms with Crippen molar-refractivity contribution in [2.45, 2.75) is 13.0 Å². The number of carbonyl (C=O) groups is 1. The van der Waals surface area contributed by atoms with Gasteiger partial charge in [-0.05, 0) is 53.2 Å². The van der Waals surface area contributed by atoms with Crippen molar-refractivity contribution in [2.24, 2.45) is 0 Å². The molecule has 1 amide bonds. The van der Waals surface area contributed by atoms with Gasteiger partial charge in [-0.1, -0.05) is 11.6 Å². The molecule has 3 N–H and O–H groups in total. The number of nitrogens with one attached hydrogen (secondary N) is 1. The SMILES string of the molecule is COc1ccc([C@H](C)[NH2+]CC(=O)Nc2cccnc2Cl)cc1Br. The third-order valence-corrected chi connectivity index (χ3v) is 4.31. The standard InChI is InChI=1S/C16H17BrClN3O2/c1-10(11-5-6-14(23-2)12(17)8-11)20-9-15(22)21-13-4-3-7-19-16(13)18/h3-8,10,20H,9H2,1-2H3,(H,21,22)/p+1/t10-/m0/s1.